The standard InChI is InChI=1S/C16H24N2O/c1-11(2)13-7-9-18(10-8-13)16(19)15-12(3)5-4-6-14(15)17/h4-6,11,13H,7-10,17H2,1-3H3. The van der Waals surface area contributed by atoms with Gasteiger partial charge in [-0.3, -0.25) is 4.79 Å². The van der Waals surface area contributed by atoms with Crippen LogP contribution in [0.1, 0.15) is 42.6 Å². The first kappa shape index (κ1) is 13.9. The van der Waals surface area contributed by atoms with E-state index in [-0.39, 0.29) is 5.91 Å². The lowest BCUT2D eigenvalue weighted by atomic mass is 9.86. The molecule has 2 N–H and O–H groups in total. The number of carbonyl (C=O) groups excluding carboxylic acids is 1. The minimum atomic E-state index is 0.0952. The smallest absolute Gasteiger partial charge is 0.256 e. The zero-order valence-corrected chi connectivity index (χ0v) is 12.1. The normalized spacial score (nSPS) is 16.9. The average Bonchev–Trinajstić information content (AvgIpc) is 2.38. The summed E-state index contributed by atoms with van der Waals surface area (Å²) in [4.78, 5) is 14.5. The Morgan fingerprint density at radius 2 is 1.95 bits per heavy atom. The van der Waals surface area contributed by atoms with Crippen molar-refractivity contribution in [1.29, 1.82) is 0 Å². The van der Waals surface area contributed by atoms with Crippen molar-refractivity contribution in [2.75, 3.05) is 18.8 Å². The van der Waals surface area contributed by atoms with E-state index >= 15 is 0 Å². The second-order valence-electron chi connectivity index (χ2n) is 5.91. The SMILES string of the molecule is Cc1cccc(N)c1C(=O)N1CCC(C(C)C)CC1. The second kappa shape index (κ2) is 5.64. The number of likely N-dealkylation sites (tertiary alicyclic amines) is 1. The molecule has 3 heteroatoms. The van der Waals surface area contributed by atoms with Crippen molar-refractivity contribution in [3.8, 4) is 0 Å². The lowest BCUT2D eigenvalue weighted by molar-refractivity contribution is 0.0668. The molecule has 1 aromatic carbocycles. The van der Waals surface area contributed by atoms with Crippen molar-refractivity contribution >= 4 is 11.6 Å². The third-order valence-corrected chi connectivity index (χ3v) is 4.29. The van der Waals surface area contributed by atoms with Gasteiger partial charge in [0.05, 0.1) is 5.56 Å². The van der Waals surface area contributed by atoms with Crippen LogP contribution in [0, 0.1) is 18.8 Å². The molecule has 0 aliphatic carbocycles. The Labute approximate surface area is 115 Å². The number of hydrogen-bond donors (Lipinski definition) is 1. The van der Waals surface area contributed by atoms with Crippen molar-refractivity contribution in [1.82, 2.24) is 4.90 Å². The van der Waals surface area contributed by atoms with E-state index in [0.717, 1.165) is 37.4 Å². The van der Waals surface area contributed by atoms with E-state index in [1.165, 1.54) is 0 Å². The fourth-order valence-corrected chi connectivity index (χ4v) is 2.91. The minimum absolute atomic E-state index is 0.0952. The van der Waals surface area contributed by atoms with Gasteiger partial charge >= 0.3 is 0 Å². The molecule has 1 saturated heterocycles. The Hall–Kier alpha value is -1.51. The average molecular weight is 260 g/mol. The highest BCUT2D eigenvalue weighted by atomic mass is 16.2. The third-order valence-electron chi connectivity index (χ3n) is 4.29. The summed E-state index contributed by atoms with van der Waals surface area (Å²) in [5.41, 5.74) is 8.20. The van der Waals surface area contributed by atoms with E-state index < -0.39 is 0 Å². The summed E-state index contributed by atoms with van der Waals surface area (Å²) >= 11 is 0. The molecular weight excluding hydrogens is 236 g/mol. The summed E-state index contributed by atoms with van der Waals surface area (Å²) < 4.78 is 0. The van der Waals surface area contributed by atoms with Crippen molar-refractivity contribution < 1.29 is 4.79 Å². The van der Waals surface area contributed by atoms with Gasteiger partial charge in [-0.05, 0) is 43.2 Å². The fraction of sp³-hybridized carbons (Fsp3) is 0.562. The minimum Gasteiger partial charge on any atom is -0.398 e. The van der Waals surface area contributed by atoms with Crippen LogP contribution in [0.3, 0.4) is 0 Å². The maximum Gasteiger partial charge on any atom is 0.256 e. The number of nitrogens with zero attached hydrogens (tertiary/aromatic N) is 1. The van der Waals surface area contributed by atoms with Crippen LogP contribution in [-0.2, 0) is 0 Å². The molecule has 3 nitrogen and oxygen atoms in total. The summed E-state index contributed by atoms with van der Waals surface area (Å²) in [6, 6.07) is 5.65. The van der Waals surface area contributed by atoms with Gasteiger partial charge in [0.1, 0.15) is 0 Å². The van der Waals surface area contributed by atoms with Crippen molar-refractivity contribution in [3.05, 3.63) is 29.3 Å². The van der Waals surface area contributed by atoms with Gasteiger partial charge in [-0.25, -0.2) is 0 Å². The summed E-state index contributed by atoms with van der Waals surface area (Å²) in [7, 11) is 0. The molecule has 0 spiro atoms. The molecule has 1 heterocycles. The Morgan fingerprint density at radius 3 is 2.47 bits per heavy atom. The molecule has 1 amide bonds. The van der Waals surface area contributed by atoms with Crippen LogP contribution in [0.15, 0.2) is 18.2 Å². The predicted octanol–water partition coefficient (Wildman–Crippen LogP) is 3.09. The number of aryl methyl sites for hydroxylation is 1. The van der Waals surface area contributed by atoms with Crippen LogP contribution in [0.25, 0.3) is 0 Å². The molecule has 1 aromatic rings. The molecule has 1 aliphatic rings. The van der Waals surface area contributed by atoms with Crippen molar-refractivity contribution in [3.63, 3.8) is 0 Å². The first-order valence-corrected chi connectivity index (χ1v) is 7.15. The van der Waals surface area contributed by atoms with Gasteiger partial charge < -0.3 is 10.6 Å². The van der Waals surface area contributed by atoms with Gasteiger partial charge in [-0.2, -0.15) is 0 Å². The van der Waals surface area contributed by atoms with E-state index in [9.17, 15) is 4.79 Å². The number of rotatable bonds is 2. The van der Waals surface area contributed by atoms with Crippen molar-refractivity contribution in [2.24, 2.45) is 11.8 Å². The van der Waals surface area contributed by atoms with Gasteiger partial charge in [0.15, 0.2) is 0 Å². The molecular formula is C16H24N2O. The molecule has 0 aromatic heterocycles. The van der Waals surface area contributed by atoms with Crippen molar-refractivity contribution in [2.45, 2.75) is 33.6 Å². The first-order valence-electron chi connectivity index (χ1n) is 7.15. The highest BCUT2D eigenvalue weighted by Gasteiger charge is 2.26. The maximum atomic E-state index is 12.6. The molecule has 1 aliphatic heterocycles. The monoisotopic (exact) mass is 260 g/mol. The van der Waals surface area contributed by atoms with E-state index in [4.69, 9.17) is 5.73 Å². The molecule has 1 fully saturated rings. The van der Waals surface area contributed by atoms with Gasteiger partial charge in [0, 0.05) is 18.8 Å². The van der Waals surface area contributed by atoms with E-state index in [1.54, 1.807) is 6.07 Å². The Kier molecular flexibility index (Phi) is 4.13. The topological polar surface area (TPSA) is 46.3 Å². The zero-order valence-electron chi connectivity index (χ0n) is 12.1. The summed E-state index contributed by atoms with van der Waals surface area (Å²) in [6.45, 7) is 8.19. The van der Waals surface area contributed by atoms with E-state index in [1.807, 2.05) is 24.0 Å². The van der Waals surface area contributed by atoms with E-state index in [2.05, 4.69) is 13.8 Å². The Balaban J connectivity index is 2.10. The quantitative estimate of drug-likeness (QED) is 0.831. The number of benzene rings is 1. The van der Waals surface area contributed by atoms with Gasteiger partial charge in [0.25, 0.3) is 5.91 Å². The molecule has 0 atom stereocenters. The van der Waals surface area contributed by atoms with Gasteiger partial charge in [-0.15, -0.1) is 0 Å². The lowest BCUT2D eigenvalue weighted by Crippen LogP contribution is -2.40. The highest BCUT2D eigenvalue weighted by Crippen LogP contribution is 2.27. The first-order chi connectivity index (χ1) is 9.00. The van der Waals surface area contributed by atoms with Crippen LogP contribution in [-0.4, -0.2) is 23.9 Å². The molecule has 0 unspecified atom stereocenters. The summed E-state index contributed by atoms with van der Waals surface area (Å²) in [5.74, 6) is 1.55. The van der Waals surface area contributed by atoms with Gasteiger partial charge in [-0.1, -0.05) is 26.0 Å². The number of hydrogen-bond acceptors (Lipinski definition) is 2. The summed E-state index contributed by atoms with van der Waals surface area (Å²) in [6.07, 6.45) is 2.21. The molecule has 19 heavy (non-hydrogen) atoms. The predicted molar refractivity (Wildman–Crippen MR) is 79.1 cm³/mol. The fourth-order valence-electron chi connectivity index (χ4n) is 2.91. The maximum absolute atomic E-state index is 12.6. The Bertz CT molecular complexity index is 440. The zero-order chi connectivity index (χ0) is 14.0. The van der Waals surface area contributed by atoms with Crippen LogP contribution in [0.2, 0.25) is 0 Å². The third kappa shape index (κ3) is 2.91. The molecule has 104 valence electrons. The number of anilines is 1. The molecule has 0 saturated carbocycles. The van der Waals surface area contributed by atoms with Crippen LogP contribution >= 0.6 is 0 Å². The van der Waals surface area contributed by atoms with Gasteiger partial charge in [0.2, 0.25) is 0 Å². The highest BCUT2D eigenvalue weighted by molar-refractivity contribution is 6.00. The number of nitrogens with two attached hydrogens (primary N) is 1. The number of carbonyl (C=O) groups is 1. The number of piperidine rings is 1. The van der Waals surface area contributed by atoms with Crippen LogP contribution in [0.5, 0.6) is 0 Å². The Morgan fingerprint density at radius 1 is 1.32 bits per heavy atom. The molecule has 2 rings (SSSR count). The van der Waals surface area contributed by atoms with Crippen LogP contribution in [0.4, 0.5) is 5.69 Å². The number of nitrogen functional groups attached to an aromatic ring is 1. The molecule has 0 bridgehead atoms. The molecule has 0 radical (unpaired) electrons. The number of amides is 1. The second-order valence-corrected chi connectivity index (χ2v) is 5.91. The van der Waals surface area contributed by atoms with Crippen LogP contribution < -0.4 is 5.73 Å². The van der Waals surface area contributed by atoms with E-state index in [0.29, 0.717) is 17.2 Å². The largest absolute Gasteiger partial charge is 0.398 e. The summed E-state index contributed by atoms with van der Waals surface area (Å²) in [5, 5.41) is 0. The lowest BCUT2D eigenvalue weighted by Gasteiger charge is -2.34.